The van der Waals surface area contributed by atoms with E-state index in [0.717, 1.165) is 0 Å². The average Bonchev–Trinajstić information content (AvgIpc) is 1.12. The largest absolute Gasteiger partial charge is 2.00 e. The maximum absolute atomic E-state index is 9.66. The summed E-state index contributed by atoms with van der Waals surface area (Å²) in [6, 6.07) is 0. The van der Waals surface area contributed by atoms with Gasteiger partial charge in [0.05, 0.1) is 0 Å². The smallest absolute Gasteiger partial charge is 0.800 e. The molecular formula is C4H12FeO4P2. The normalized spacial score (nSPS) is 10.7. The quantitative estimate of drug-likeness (QED) is 0.433. The number of rotatable bonds is 0. The maximum Gasteiger partial charge on any atom is 2.00 e. The molecule has 0 aliphatic carbocycles. The van der Waals surface area contributed by atoms with Gasteiger partial charge in [-0.25, -0.2) is 0 Å². The molecule has 11 heavy (non-hydrogen) atoms. The molecule has 0 saturated heterocycles. The van der Waals surface area contributed by atoms with Crippen LogP contribution in [0, 0.1) is 0 Å². The molecule has 0 aliphatic heterocycles. The molecular weight excluding hydrogens is 230 g/mol. The van der Waals surface area contributed by atoms with Crippen LogP contribution in [-0.4, -0.2) is 26.7 Å². The van der Waals surface area contributed by atoms with Crippen LogP contribution in [0.2, 0.25) is 0 Å². The van der Waals surface area contributed by atoms with Crippen molar-refractivity contribution in [3.8, 4) is 0 Å². The molecule has 0 radical (unpaired) electrons. The van der Waals surface area contributed by atoms with Gasteiger partial charge in [-0.1, -0.05) is 0 Å². The van der Waals surface area contributed by atoms with E-state index in [9.17, 15) is 18.9 Å². The van der Waals surface area contributed by atoms with Crippen LogP contribution in [0.4, 0.5) is 0 Å². The summed E-state index contributed by atoms with van der Waals surface area (Å²) in [5.41, 5.74) is 0. The molecule has 0 aromatic heterocycles. The topological polar surface area (TPSA) is 80.3 Å². The first-order chi connectivity index (χ1) is 4.00. The van der Waals surface area contributed by atoms with Gasteiger partial charge in [0, 0.05) is 14.7 Å². The molecule has 0 rings (SSSR count). The summed E-state index contributed by atoms with van der Waals surface area (Å²) >= 11 is 0. The summed E-state index contributed by atoms with van der Waals surface area (Å²) in [6.07, 6.45) is 0. The summed E-state index contributed by atoms with van der Waals surface area (Å²) in [7, 11) is -5.78. The van der Waals surface area contributed by atoms with Gasteiger partial charge in [0.2, 0.25) is 0 Å². The van der Waals surface area contributed by atoms with E-state index in [1.807, 2.05) is 0 Å². The van der Waals surface area contributed by atoms with Crippen molar-refractivity contribution in [1.82, 2.24) is 0 Å². The number of hydrogen-bond donors (Lipinski definition) is 0. The third kappa shape index (κ3) is 1070. The Kier molecular flexibility index (Phi) is 10.4. The Bertz CT molecular complexity index is 132. The molecule has 4 nitrogen and oxygen atoms in total. The summed E-state index contributed by atoms with van der Waals surface area (Å²) < 4.78 is 19.3. The number of hydrogen-bond acceptors (Lipinski definition) is 4. The van der Waals surface area contributed by atoms with E-state index >= 15 is 0 Å². The van der Waals surface area contributed by atoms with Crippen molar-refractivity contribution in [2.75, 3.05) is 26.7 Å². The van der Waals surface area contributed by atoms with Gasteiger partial charge in [0.15, 0.2) is 0 Å². The van der Waals surface area contributed by atoms with Gasteiger partial charge >= 0.3 is 17.1 Å². The van der Waals surface area contributed by atoms with Gasteiger partial charge in [-0.3, -0.25) is 0 Å². The molecule has 0 aromatic carbocycles. The van der Waals surface area contributed by atoms with Crippen LogP contribution in [0.5, 0.6) is 0 Å². The summed E-state index contributed by atoms with van der Waals surface area (Å²) in [4.78, 5) is 19.3. The fourth-order valence-electron chi connectivity index (χ4n) is 0. The average molecular weight is 242 g/mol. The molecule has 70 valence electrons. The fourth-order valence-corrected chi connectivity index (χ4v) is 0. The van der Waals surface area contributed by atoms with Crippen molar-refractivity contribution in [3.63, 3.8) is 0 Å². The first-order valence-corrected chi connectivity index (χ1v) is 7.56. The first-order valence-electron chi connectivity index (χ1n) is 2.52. The van der Waals surface area contributed by atoms with E-state index in [2.05, 4.69) is 0 Å². The van der Waals surface area contributed by atoms with Gasteiger partial charge in [-0.2, -0.15) is 0 Å². The molecule has 7 heteroatoms. The third-order valence-corrected chi connectivity index (χ3v) is 0. The Morgan fingerprint density at radius 2 is 0.818 bits per heavy atom. The molecule has 0 aromatic rings. The minimum Gasteiger partial charge on any atom is -0.800 e. The first kappa shape index (κ1) is 17.8. The van der Waals surface area contributed by atoms with E-state index in [0.29, 0.717) is 0 Å². The maximum atomic E-state index is 9.66. The SMILES string of the molecule is CP(C)(=O)[O-].CP(C)(=O)[O-].[Fe+2]. The van der Waals surface area contributed by atoms with Crippen LogP contribution in [0.1, 0.15) is 0 Å². The molecule has 0 atom stereocenters. The molecule has 0 aliphatic rings. The predicted molar refractivity (Wildman–Crippen MR) is 38.9 cm³/mol. The Hall–Kier alpha value is 0.899. The Balaban J connectivity index is -0.000000107. The molecule has 0 N–H and O–H groups in total. The van der Waals surface area contributed by atoms with Crippen LogP contribution in [0.15, 0.2) is 0 Å². The summed E-state index contributed by atoms with van der Waals surface area (Å²) in [5.74, 6) is 0. The Labute approximate surface area is 77.8 Å². The van der Waals surface area contributed by atoms with Crippen molar-refractivity contribution in [2.45, 2.75) is 0 Å². The molecule has 0 bridgehead atoms. The van der Waals surface area contributed by atoms with Gasteiger partial charge in [0.1, 0.15) is 0 Å². The van der Waals surface area contributed by atoms with E-state index in [1.54, 1.807) is 0 Å². The van der Waals surface area contributed by atoms with E-state index in [1.165, 1.54) is 26.7 Å². The second-order valence-corrected chi connectivity index (χ2v) is 7.51. The second-order valence-electron chi connectivity index (χ2n) is 2.50. The van der Waals surface area contributed by atoms with E-state index in [4.69, 9.17) is 0 Å². The Morgan fingerprint density at radius 3 is 0.818 bits per heavy atom. The van der Waals surface area contributed by atoms with E-state index in [-0.39, 0.29) is 17.1 Å². The standard InChI is InChI=1S/2C2H7O2P.Fe/c2*1-5(2,3)4;/h2*1-2H3,(H,3,4);/q;;+2/p-2. The van der Waals surface area contributed by atoms with Crippen molar-refractivity contribution in [1.29, 1.82) is 0 Å². The minimum atomic E-state index is -2.89. The summed E-state index contributed by atoms with van der Waals surface area (Å²) in [5, 5.41) is 0. The fraction of sp³-hybridized carbons (Fsp3) is 1.00. The van der Waals surface area contributed by atoms with Gasteiger partial charge in [0.25, 0.3) is 0 Å². The van der Waals surface area contributed by atoms with Crippen molar-refractivity contribution in [2.24, 2.45) is 0 Å². The monoisotopic (exact) mass is 242 g/mol. The zero-order chi connectivity index (χ0) is 9.00. The third-order valence-electron chi connectivity index (χ3n) is 0. The summed E-state index contributed by atoms with van der Waals surface area (Å²) in [6.45, 7) is 4.75. The van der Waals surface area contributed by atoms with Crippen LogP contribution in [0.25, 0.3) is 0 Å². The van der Waals surface area contributed by atoms with Crippen molar-refractivity contribution in [3.05, 3.63) is 0 Å². The minimum absolute atomic E-state index is 0. The van der Waals surface area contributed by atoms with Crippen molar-refractivity contribution >= 4 is 14.7 Å². The Morgan fingerprint density at radius 1 is 0.818 bits per heavy atom. The molecule has 0 heterocycles. The van der Waals surface area contributed by atoms with Gasteiger partial charge < -0.3 is 18.9 Å². The molecule has 0 saturated carbocycles. The van der Waals surface area contributed by atoms with Gasteiger partial charge in [-0.15, -0.1) is 0 Å². The molecule has 0 amide bonds. The van der Waals surface area contributed by atoms with Crippen LogP contribution in [0.3, 0.4) is 0 Å². The zero-order valence-corrected chi connectivity index (χ0v) is 9.77. The van der Waals surface area contributed by atoms with Crippen LogP contribution in [-0.2, 0) is 26.2 Å². The zero-order valence-electron chi connectivity index (χ0n) is 6.88. The second kappa shape index (κ2) is 6.42. The molecule has 0 unspecified atom stereocenters. The van der Waals surface area contributed by atoms with E-state index < -0.39 is 14.7 Å². The van der Waals surface area contributed by atoms with Crippen LogP contribution < -0.4 is 9.79 Å². The van der Waals surface area contributed by atoms with Gasteiger partial charge in [-0.05, 0) is 26.7 Å². The predicted octanol–water partition coefficient (Wildman–Crippen LogP) is -0.234. The molecule has 0 spiro atoms. The van der Waals surface area contributed by atoms with Crippen molar-refractivity contribution < 1.29 is 36.0 Å². The van der Waals surface area contributed by atoms with Crippen LogP contribution >= 0.6 is 14.7 Å². The molecule has 0 fully saturated rings.